The SMILES string of the molecule is CCN(Cc1ccncc1)C1CN(C(=O)c2ccncc2)C1. The number of aromatic nitrogens is 2. The first kappa shape index (κ1) is 14.7. The first-order valence-corrected chi connectivity index (χ1v) is 7.60. The Bertz CT molecular complexity index is 611. The van der Waals surface area contributed by atoms with E-state index in [1.807, 2.05) is 29.4 Å². The van der Waals surface area contributed by atoms with Crippen molar-refractivity contribution >= 4 is 5.91 Å². The van der Waals surface area contributed by atoms with E-state index in [9.17, 15) is 4.79 Å². The third kappa shape index (κ3) is 3.14. The van der Waals surface area contributed by atoms with Crippen molar-refractivity contribution in [3.05, 3.63) is 60.2 Å². The molecule has 1 aliphatic heterocycles. The molecule has 5 nitrogen and oxygen atoms in total. The Morgan fingerprint density at radius 1 is 1.14 bits per heavy atom. The third-order valence-corrected chi connectivity index (χ3v) is 4.13. The van der Waals surface area contributed by atoms with Gasteiger partial charge in [-0.05, 0) is 36.4 Å². The summed E-state index contributed by atoms with van der Waals surface area (Å²) in [6, 6.07) is 8.06. The molecule has 3 rings (SSSR count). The van der Waals surface area contributed by atoms with Gasteiger partial charge in [0, 0.05) is 56.0 Å². The maximum absolute atomic E-state index is 12.3. The van der Waals surface area contributed by atoms with Gasteiger partial charge in [-0.25, -0.2) is 0 Å². The van der Waals surface area contributed by atoms with Crippen molar-refractivity contribution in [2.45, 2.75) is 19.5 Å². The van der Waals surface area contributed by atoms with Crippen LogP contribution in [-0.4, -0.2) is 51.4 Å². The van der Waals surface area contributed by atoms with Gasteiger partial charge < -0.3 is 4.90 Å². The normalized spacial score (nSPS) is 14.9. The van der Waals surface area contributed by atoms with E-state index < -0.39 is 0 Å². The molecule has 0 atom stereocenters. The lowest BCUT2D eigenvalue weighted by molar-refractivity contribution is 0.0254. The van der Waals surface area contributed by atoms with Crippen LogP contribution in [0, 0.1) is 0 Å². The summed E-state index contributed by atoms with van der Waals surface area (Å²) in [6.45, 7) is 5.62. The molecule has 0 radical (unpaired) electrons. The van der Waals surface area contributed by atoms with Crippen LogP contribution in [0.15, 0.2) is 49.1 Å². The molecule has 3 heterocycles. The van der Waals surface area contributed by atoms with Crippen molar-refractivity contribution in [1.82, 2.24) is 19.8 Å². The van der Waals surface area contributed by atoms with Crippen LogP contribution in [0.2, 0.25) is 0 Å². The highest BCUT2D eigenvalue weighted by atomic mass is 16.2. The largest absolute Gasteiger partial charge is 0.335 e. The molecule has 114 valence electrons. The number of pyridine rings is 2. The van der Waals surface area contributed by atoms with Crippen LogP contribution in [0.1, 0.15) is 22.8 Å². The fourth-order valence-corrected chi connectivity index (χ4v) is 2.75. The molecule has 0 bridgehead atoms. The fourth-order valence-electron chi connectivity index (χ4n) is 2.75. The van der Waals surface area contributed by atoms with Crippen LogP contribution in [0.5, 0.6) is 0 Å². The summed E-state index contributed by atoms with van der Waals surface area (Å²) in [6.07, 6.45) is 6.96. The number of hydrogen-bond donors (Lipinski definition) is 0. The predicted molar refractivity (Wildman–Crippen MR) is 84.2 cm³/mol. The zero-order valence-electron chi connectivity index (χ0n) is 12.7. The molecule has 2 aromatic rings. The highest BCUT2D eigenvalue weighted by molar-refractivity contribution is 5.94. The number of hydrogen-bond acceptors (Lipinski definition) is 4. The van der Waals surface area contributed by atoms with Gasteiger partial charge in [-0.3, -0.25) is 19.7 Å². The van der Waals surface area contributed by atoms with Crippen LogP contribution in [0.3, 0.4) is 0 Å². The van der Waals surface area contributed by atoms with Crippen molar-refractivity contribution in [2.75, 3.05) is 19.6 Å². The minimum atomic E-state index is 0.0959. The first-order valence-electron chi connectivity index (χ1n) is 7.60. The summed E-state index contributed by atoms with van der Waals surface area (Å²) >= 11 is 0. The molecular formula is C17H20N4O. The van der Waals surface area contributed by atoms with Crippen molar-refractivity contribution in [3.8, 4) is 0 Å². The average Bonchev–Trinajstić information content (AvgIpc) is 2.54. The Hall–Kier alpha value is -2.27. The highest BCUT2D eigenvalue weighted by Crippen LogP contribution is 2.19. The average molecular weight is 296 g/mol. The summed E-state index contributed by atoms with van der Waals surface area (Å²) < 4.78 is 0. The van der Waals surface area contributed by atoms with Gasteiger partial charge in [0.1, 0.15) is 0 Å². The number of carbonyl (C=O) groups excluding carboxylic acids is 1. The Morgan fingerprint density at radius 2 is 1.73 bits per heavy atom. The van der Waals surface area contributed by atoms with E-state index in [1.54, 1.807) is 24.5 Å². The zero-order valence-corrected chi connectivity index (χ0v) is 12.7. The molecule has 0 spiro atoms. The van der Waals surface area contributed by atoms with Crippen molar-refractivity contribution in [3.63, 3.8) is 0 Å². The van der Waals surface area contributed by atoms with Gasteiger partial charge in [0.25, 0.3) is 5.91 Å². The Kier molecular flexibility index (Phi) is 4.44. The number of likely N-dealkylation sites (tertiary alicyclic amines) is 1. The minimum absolute atomic E-state index is 0.0959. The molecule has 0 aliphatic carbocycles. The molecule has 22 heavy (non-hydrogen) atoms. The van der Waals surface area contributed by atoms with Crippen molar-refractivity contribution < 1.29 is 4.79 Å². The smallest absolute Gasteiger partial charge is 0.254 e. The van der Waals surface area contributed by atoms with Crippen LogP contribution in [-0.2, 0) is 6.54 Å². The molecule has 0 aromatic carbocycles. The Labute approximate surface area is 130 Å². The Morgan fingerprint density at radius 3 is 2.32 bits per heavy atom. The Balaban J connectivity index is 1.56. The number of amides is 1. The second kappa shape index (κ2) is 6.66. The molecule has 0 N–H and O–H groups in total. The standard InChI is InChI=1S/C17H20N4O/c1-2-20(11-14-3-7-18-8-4-14)16-12-21(13-16)17(22)15-5-9-19-10-6-15/h3-10,16H,2,11-13H2,1H3. The van der Waals surface area contributed by atoms with E-state index in [0.29, 0.717) is 11.6 Å². The lowest BCUT2D eigenvalue weighted by atomic mass is 10.0. The van der Waals surface area contributed by atoms with Crippen LogP contribution in [0.25, 0.3) is 0 Å². The van der Waals surface area contributed by atoms with E-state index in [1.165, 1.54) is 5.56 Å². The monoisotopic (exact) mass is 296 g/mol. The maximum atomic E-state index is 12.3. The van der Waals surface area contributed by atoms with E-state index in [0.717, 1.165) is 26.2 Å². The molecule has 2 aromatic heterocycles. The van der Waals surface area contributed by atoms with Gasteiger partial charge in [-0.2, -0.15) is 0 Å². The predicted octanol–water partition coefficient (Wildman–Crippen LogP) is 1.82. The van der Waals surface area contributed by atoms with E-state index in [4.69, 9.17) is 0 Å². The van der Waals surface area contributed by atoms with Crippen molar-refractivity contribution in [1.29, 1.82) is 0 Å². The molecule has 5 heteroatoms. The third-order valence-electron chi connectivity index (χ3n) is 4.13. The van der Waals surface area contributed by atoms with Gasteiger partial charge >= 0.3 is 0 Å². The van der Waals surface area contributed by atoms with E-state index in [-0.39, 0.29) is 5.91 Å². The van der Waals surface area contributed by atoms with Crippen LogP contribution >= 0.6 is 0 Å². The van der Waals surface area contributed by atoms with Crippen LogP contribution < -0.4 is 0 Å². The first-order chi connectivity index (χ1) is 10.8. The van der Waals surface area contributed by atoms with Crippen LogP contribution in [0.4, 0.5) is 0 Å². The van der Waals surface area contributed by atoms with Crippen molar-refractivity contribution in [2.24, 2.45) is 0 Å². The second-order valence-electron chi connectivity index (χ2n) is 5.52. The van der Waals surface area contributed by atoms with Gasteiger partial charge in [0.05, 0.1) is 0 Å². The van der Waals surface area contributed by atoms with E-state index in [2.05, 4.69) is 21.8 Å². The summed E-state index contributed by atoms with van der Waals surface area (Å²) in [5.74, 6) is 0.0959. The number of carbonyl (C=O) groups is 1. The molecule has 0 saturated carbocycles. The minimum Gasteiger partial charge on any atom is -0.335 e. The lowest BCUT2D eigenvalue weighted by Crippen LogP contribution is -2.60. The van der Waals surface area contributed by atoms with Gasteiger partial charge in [0.15, 0.2) is 0 Å². The molecule has 1 aliphatic rings. The van der Waals surface area contributed by atoms with Gasteiger partial charge in [-0.1, -0.05) is 6.92 Å². The second-order valence-corrected chi connectivity index (χ2v) is 5.52. The van der Waals surface area contributed by atoms with Gasteiger partial charge in [0.2, 0.25) is 0 Å². The lowest BCUT2D eigenvalue weighted by Gasteiger charge is -2.45. The quantitative estimate of drug-likeness (QED) is 0.844. The summed E-state index contributed by atoms with van der Waals surface area (Å²) in [5.41, 5.74) is 1.97. The number of rotatable bonds is 5. The molecular weight excluding hydrogens is 276 g/mol. The molecule has 1 amide bonds. The molecule has 1 saturated heterocycles. The number of nitrogens with zero attached hydrogens (tertiary/aromatic N) is 4. The zero-order chi connectivity index (χ0) is 15.4. The topological polar surface area (TPSA) is 49.3 Å². The fraction of sp³-hybridized carbons (Fsp3) is 0.353. The maximum Gasteiger partial charge on any atom is 0.254 e. The molecule has 0 unspecified atom stereocenters. The van der Waals surface area contributed by atoms with Gasteiger partial charge in [-0.15, -0.1) is 0 Å². The summed E-state index contributed by atoms with van der Waals surface area (Å²) in [4.78, 5) is 24.6. The number of likely N-dealkylation sites (N-methyl/N-ethyl adjacent to an activating group) is 1. The summed E-state index contributed by atoms with van der Waals surface area (Å²) in [5, 5.41) is 0. The highest BCUT2D eigenvalue weighted by Gasteiger charge is 2.34. The van der Waals surface area contributed by atoms with E-state index >= 15 is 0 Å². The molecule has 1 fully saturated rings. The summed E-state index contributed by atoms with van der Waals surface area (Å²) in [7, 11) is 0.